The van der Waals surface area contributed by atoms with Gasteiger partial charge in [-0.05, 0) is 54.1 Å². The summed E-state index contributed by atoms with van der Waals surface area (Å²) in [6.45, 7) is 0.401. The second-order valence-corrected chi connectivity index (χ2v) is 8.37. The zero-order chi connectivity index (χ0) is 26.5. The van der Waals surface area contributed by atoms with Crippen LogP contribution in [0.4, 0.5) is 0 Å². The third-order valence-electron chi connectivity index (χ3n) is 5.92. The number of hydrogen-bond donors (Lipinski definition) is 0. The Labute approximate surface area is 220 Å². The molecule has 0 N–H and O–H groups in total. The molecular formula is C28H27ClN2O6. The number of carbonyl (C=O) groups is 1. The lowest BCUT2D eigenvalue weighted by Gasteiger charge is -2.12. The summed E-state index contributed by atoms with van der Waals surface area (Å²) in [5.41, 5.74) is 4.24. The fourth-order valence-corrected chi connectivity index (χ4v) is 4.37. The topological polar surface area (TPSA) is 81.0 Å². The third-order valence-corrected chi connectivity index (χ3v) is 6.27. The van der Waals surface area contributed by atoms with Gasteiger partial charge in [0, 0.05) is 11.1 Å². The third kappa shape index (κ3) is 5.20. The van der Waals surface area contributed by atoms with Gasteiger partial charge in [-0.15, -0.1) is 0 Å². The highest BCUT2D eigenvalue weighted by atomic mass is 35.5. The largest absolute Gasteiger partial charge is 0.493 e. The summed E-state index contributed by atoms with van der Waals surface area (Å²) < 4.78 is 28.4. The van der Waals surface area contributed by atoms with Crippen LogP contribution in [0.5, 0.6) is 23.0 Å². The molecule has 0 saturated carbocycles. The van der Waals surface area contributed by atoms with Gasteiger partial charge in [0.1, 0.15) is 5.69 Å². The van der Waals surface area contributed by atoms with Crippen molar-refractivity contribution in [2.45, 2.75) is 6.54 Å². The first-order valence-electron chi connectivity index (χ1n) is 11.3. The Morgan fingerprint density at radius 1 is 0.757 bits per heavy atom. The molecule has 0 fully saturated rings. The van der Waals surface area contributed by atoms with Crippen molar-refractivity contribution in [3.63, 3.8) is 0 Å². The van der Waals surface area contributed by atoms with Gasteiger partial charge in [0.2, 0.25) is 0 Å². The highest BCUT2D eigenvalue weighted by molar-refractivity contribution is 6.35. The number of ether oxygens (including phenoxy) is 5. The number of benzene rings is 3. The van der Waals surface area contributed by atoms with Crippen molar-refractivity contribution in [3.8, 4) is 45.5 Å². The average molecular weight is 523 g/mol. The molecule has 0 aliphatic carbocycles. The standard InChI is InChI=1S/C28H27ClN2O6/c1-33-21-12-10-19(14-23(21)35-3)26-25(29)27(20-11-13-22(34-2)24(15-20)36-4)31(30-26)16-17-6-8-18(9-7-17)28(32)37-5/h6-15H,16H2,1-5H3. The molecule has 1 heterocycles. The molecule has 8 nitrogen and oxygen atoms in total. The van der Waals surface area contributed by atoms with Gasteiger partial charge in [-0.3, -0.25) is 4.68 Å². The number of halogens is 1. The summed E-state index contributed by atoms with van der Waals surface area (Å²) in [6, 6.07) is 18.3. The summed E-state index contributed by atoms with van der Waals surface area (Å²) in [6.07, 6.45) is 0. The van der Waals surface area contributed by atoms with Gasteiger partial charge in [-0.25, -0.2) is 4.79 Å². The van der Waals surface area contributed by atoms with Crippen LogP contribution in [0.15, 0.2) is 60.7 Å². The summed E-state index contributed by atoms with van der Waals surface area (Å²) in [5.74, 6) is 1.95. The average Bonchev–Trinajstić information content (AvgIpc) is 3.27. The van der Waals surface area contributed by atoms with Gasteiger partial charge in [0.05, 0.1) is 58.4 Å². The zero-order valence-electron chi connectivity index (χ0n) is 21.2. The molecule has 0 aliphatic rings. The smallest absolute Gasteiger partial charge is 0.337 e. The van der Waals surface area contributed by atoms with Crippen molar-refractivity contribution in [3.05, 3.63) is 76.8 Å². The molecule has 4 aromatic rings. The molecule has 0 unspecified atom stereocenters. The number of methoxy groups -OCH3 is 5. The highest BCUT2D eigenvalue weighted by Crippen LogP contribution is 2.41. The molecule has 9 heteroatoms. The van der Waals surface area contributed by atoms with Crippen LogP contribution in [-0.4, -0.2) is 51.3 Å². The predicted octanol–water partition coefficient (Wildman–Crippen LogP) is 5.74. The van der Waals surface area contributed by atoms with E-state index in [0.717, 1.165) is 16.7 Å². The van der Waals surface area contributed by atoms with E-state index in [4.69, 9.17) is 40.4 Å². The Morgan fingerprint density at radius 3 is 1.84 bits per heavy atom. The Bertz CT molecular complexity index is 1420. The van der Waals surface area contributed by atoms with Crippen molar-refractivity contribution in [1.29, 1.82) is 0 Å². The quantitative estimate of drug-likeness (QED) is 0.259. The van der Waals surface area contributed by atoms with Crippen LogP contribution >= 0.6 is 11.6 Å². The number of rotatable bonds is 9. The fourth-order valence-electron chi connectivity index (χ4n) is 4.02. The second-order valence-electron chi connectivity index (χ2n) is 8.00. The molecule has 192 valence electrons. The van der Waals surface area contributed by atoms with E-state index in [9.17, 15) is 4.79 Å². The monoisotopic (exact) mass is 522 g/mol. The minimum Gasteiger partial charge on any atom is -0.493 e. The van der Waals surface area contributed by atoms with E-state index in [1.165, 1.54) is 7.11 Å². The number of esters is 1. The number of nitrogens with zero attached hydrogens (tertiary/aromatic N) is 2. The number of aromatic nitrogens is 2. The van der Waals surface area contributed by atoms with Crippen molar-refractivity contribution in [1.82, 2.24) is 9.78 Å². The molecule has 0 atom stereocenters. The summed E-state index contributed by atoms with van der Waals surface area (Å²) in [4.78, 5) is 11.8. The van der Waals surface area contributed by atoms with Crippen molar-refractivity contribution >= 4 is 17.6 Å². The summed E-state index contributed by atoms with van der Waals surface area (Å²) in [7, 11) is 7.68. The Hall–Kier alpha value is -4.17. The maximum atomic E-state index is 11.8. The zero-order valence-corrected chi connectivity index (χ0v) is 22.0. The number of hydrogen-bond acceptors (Lipinski definition) is 7. The van der Waals surface area contributed by atoms with Crippen LogP contribution in [0.3, 0.4) is 0 Å². The molecule has 0 aliphatic heterocycles. The van der Waals surface area contributed by atoms with Crippen LogP contribution in [0, 0.1) is 0 Å². The van der Waals surface area contributed by atoms with E-state index in [2.05, 4.69) is 0 Å². The van der Waals surface area contributed by atoms with Crippen LogP contribution < -0.4 is 18.9 Å². The summed E-state index contributed by atoms with van der Waals surface area (Å²) in [5, 5.41) is 5.34. The van der Waals surface area contributed by atoms with E-state index in [-0.39, 0.29) is 0 Å². The predicted molar refractivity (Wildman–Crippen MR) is 141 cm³/mol. The molecular weight excluding hydrogens is 496 g/mol. The number of carbonyl (C=O) groups excluding carboxylic acids is 1. The van der Waals surface area contributed by atoms with E-state index in [0.29, 0.717) is 51.5 Å². The molecule has 0 saturated heterocycles. The lowest BCUT2D eigenvalue weighted by molar-refractivity contribution is 0.0600. The molecule has 0 spiro atoms. The van der Waals surface area contributed by atoms with Gasteiger partial charge >= 0.3 is 5.97 Å². The lowest BCUT2D eigenvalue weighted by Crippen LogP contribution is -2.06. The van der Waals surface area contributed by atoms with Crippen LogP contribution in [-0.2, 0) is 11.3 Å². The first-order chi connectivity index (χ1) is 17.9. The molecule has 0 bridgehead atoms. The van der Waals surface area contributed by atoms with Crippen LogP contribution in [0.1, 0.15) is 15.9 Å². The lowest BCUT2D eigenvalue weighted by atomic mass is 10.1. The molecule has 1 aromatic heterocycles. The fraction of sp³-hybridized carbons (Fsp3) is 0.214. The molecule has 3 aromatic carbocycles. The molecule has 0 amide bonds. The first kappa shape index (κ1) is 25.9. The van der Waals surface area contributed by atoms with E-state index < -0.39 is 5.97 Å². The van der Waals surface area contributed by atoms with Gasteiger partial charge in [0.25, 0.3) is 0 Å². The molecule has 4 rings (SSSR count). The maximum Gasteiger partial charge on any atom is 0.337 e. The first-order valence-corrected chi connectivity index (χ1v) is 11.7. The molecule has 0 radical (unpaired) electrons. The normalized spacial score (nSPS) is 10.6. The minimum atomic E-state index is -0.393. The van der Waals surface area contributed by atoms with Crippen molar-refractivity contribution in [2.75, 3.05) is 35.5 Å². The van der Waals surface area contributed by atoms with Crippen molar-refractivity contribution < 1.29 is 28.5 Å². The second kappa shape index (κ2) is 11.3. The van der Waals surface area contributed by atoms with E-state index in [1.807, 2.05) is 53.2 Å². The SMILES string of the molecule is COC(=O)c1ccc(Cn2nc(-c3ccc(OC)c(OC)c3)c(Cl)c2-c2ccc(OC)c(OC)c2)cc1. The van der Waals surface area contributed by atoms with Gasteiger partial charge in [-0.2, -0.15) is 5.10 Å². The Kier molecular flexibility index (Phi) is 7.89. The van der Waals surface area contributed by atoms with Gasteiger partial charge in [-0.1, -0.05) is 23.7 Å². The van der Waals surface area contributed by atoms with E-state index in [1.54, 1.807) is 40.6 Å². The Morgan fingerprint density at radius 2 is 1.30 bits per heavy atom. The van der Waals surface area contributed by atoms with Gasteiger partial charge < -0.3 is 23.7 Å². The maximum absolute atomic E-state index is 11.8. The Balaban J connectivity index is 1.85. The van der Waals surface area contributed by atoms with E-state index >= 15 is 0 Å². The highest BCUT2D eigenvalue weighted by Gasteiger charge is 2.22. The van der Waals surface area contributed by atoms with Crippen LogP contribution in [0.25, 0.3) is 22.5 Å². The van der Waals surface area contributed by atoms with Crippen LogP contribution in [0.2, 0.25) is 5.02 Å². The van der Waals surface area contributed by atoms with Gasteiger partial charge in [0.15, 0.2) is 23.0 Å². The molecule has 37 heavy (non-hydrogen) atoms. The summed E-state index contributed by atoms with van der Waals surface area (Å²) >= 11 is 7.00. The minimum absolute atomic E-state index is 0.393. The van der Waals surface area contributed by atoms with Crippen molar-refractivity contribution in [2.24, 2.45) is 0 Å².